The number of aliphatic hydroxyl groups is 1. The number of aromatic nitrogens is 2. The maximum Gasteiger partial charge on any atom is 0.251 e. The van der Waals surface area contributed by atoms with Crippen LogP contribution in [0.3, 0.4) is 0 Å². The molecule has 0 saturated heterocycles. The molecule has 5 rings (SSSR count). The first-order valence-electron chi connectivity index (χ1n) is 14.5. The fraction of sp³-hybridized carbons (Fsp3) is 0.600. The van der Waals surface area contributed by atoms with Crippen molar-refractivity contribution < 1.29 is 19.4 Å². The molecule has 2 aromatic rings. The number of hydrogen-bond donors (Lipinski definition) is 3. The van der Waals surface area contributed by atoms with Crippen molar-refractivity contribution in [2.75, 3.05) is 42.4 Å². The minimum Gasteiger partial charge on any atom is -0.495 e. The third-order valence-corrected chi connectivity index (χ3v) is 8.70. The lowest BCUT2D eigenvalue weighted by Gasteiger charge is -2.34. The van der Waals surface area contributed by atoms with Gasteiger partial charge in [-0.2, -0.15) is 4.98 Å². The van der Waals surface area contributed by atoms with Crippen molar-refractivity contribution in [2.24, 2.45) is 11.3 Å². The van der Waals surface area contributed by atoms with Crippen molar-refractivity contribution in [1.82, 2.24) is 15.3 Å². The van der Waals surface area contributed by atoms with Gasteiger partial charge in [0.25, 0.3) is 5.91 Å². The average molecular weight is 551 g/mol. The number of ether oxygens (including phenoxy) is 1. The van der Waals surface area contributed by atoms with Gasteiger partial charge in [0, 0.05) is 37.7 Å². The molecule has 2 aliphatic carbocycles. The third kappa shape index (κ3) is 5.73. The maximum atomic E-state index is 13.3. The summed E-state index contributed by atoms with van der Waals surface area (Å²) in [6.45, 7) is 5.03. The van der Waals surface area contributed by atoms with Crippen LogP contribution in [0, 0.1) is 11.3 Å². The number of aliphatic hydroxyl groups excluding tert-OH is 1. The highest BCUT2D eigenvalue weighted by molar-refractivity contribution is 6.01. The number of hydrogen-bond acceptors (Lipinski definition) is 8. The van der Waals surface area contributed by atoms with Crippen molar-refractivity contribution >= 4 is 35.0 Å². The van der Waals surface area contributed by atoms with E-state index in [1.54, 1.807) is 43.5 Å². The van der Waals surface area contributed by atoms with E-state index in [1.165, 1.54) is 12.8 Å². The lowest BCUT2D eigenvalue weighted by atomic mass is 9.86. The monoisotopic (exact) mass is 550 g/mol. The van der Waals surface area contributed by atoms with E-state index < -0.39 is 5.41 Å². The van der Waals surface area contributed by atoms with E-state index in [0.717, 1.165) is 44.3 Å². The second-order valence-corrected chi connectivity index (χ2v) is 12.1. The highest BCUT2D eigenvalue weighted by atomic mass is 16.5. The predicted octanol–water partition coefficient (Wildman–Crippen LogP) is 4.26. The molecule has 0 bridgehead atoms. The molecule has 0 spiro atoms. The minimum atomic E-state index is -0.555. The fourth-order valence-electron chi connectivity index (χ4n) is 6.33. The minimum absolute atomic E-state index is 0.0482. The Labute approximate surface area is 236 Å². The Bertz CT molecular complexity index is 1240. The second-order valence-electron chi connectivity index (χ2n) is 12.1. The first-order valence-corrected chi connectivity index (χ1v) is 14.5. The molecule has 10 heteroatoms. The number of rotatable bonds is 7. The number of benzene rings is 1. The van der Waals surface area contributed by atoms with Crippen LogP contribution in [-0.4, -0.2) is 66.3 Å². The molecule has 216 valence electrons. The summed E-state index contributed by atoms with van der Waals surface area (Å²) in [5, 5.41) is 16.5. The van der Waals surface area contributed by atoms with E-state index in [1.807, 2.05) is 13.8 Å². The molecule has 2 amide bonds. The zero-order valence-corrected chi connectivity index (χ0v) is 24.1. The first kappa shape index (κ1) is 28.1. The Morgan fingerprint density at radius 1 is 1.15 bits per heavy atom. The zero-order valence-electron chi connectivity index (χ0n) is 24.1. The van der Waals surface area contributed by atoms with Gasteiger partial charge in [-0.1, -0.05) is 25.7 Å². The Balaban J connectivity index is 1.36. The van der Waals surface area contributed by atoms with Gasteiger partial charge in [-0.3, -0.25) is 9.59 Å². The van der Waals surface area contributed by atoms with Gasteiger partial charge in [0.1, 0.15) is 11.4 Å². The first-order chi connectivity index (χ1) is 19.2. The largest absolute Gasteiger partial charge is 0.495 e. The van der Waals surface area contributed by atoms with Crippen molar-refractivity contribution in [3.05, 3.63) is 30.0 Å². The van der Waals surface area contributed by atoms with E-state index in [4.69, 9.17) is 9.72 Å². The average Bonchev–Trinajstić information content (AvgIpc) is 3.47. The molecular formula is C30H42N6O4. The summed E-state index contributed by atoms with van der Waals surface area (Å²) in [5.74, 6) is 1.58. The number of carbonyl (C=O) groups is 2. The van der Waals surface area contributed by atoms with Crippen molar-refractivity contribution in [3.8, 4) is 5.75 Å². The molecule has 2 heterocycles. The molecule has 10 nitrogen and oxygen atoms in total. The predicted molar refractivity (Wildman–Crippen MR) is 155 cm³/mol. The summed E-state index contributed by atoms with van der Waals surface area (Å²) in [7, 11) is 3.35. The van der Waals surface area contributed by atoms with Crippen LogP contribution in [-0.2, 0) is 4.79 Å². The molecule has 2 atom stereocenters. The molecule has 0 radical (unpaired) electrons. The quantitative estimate of drug-likeness (QED) is 0.468. The van der Waals surface area contributed by atoms with Gasteiger partial charge < -0.3 is 30.3 Å². The summed E-state index contributed by atoms with van der Waals surface area (Å²) in [4.78, 5) is 39.6. The SMILES string of the molecule is COc1cc(C(=O)NCC2CCCC[C@H]2O)ccc1Nc1ncc2c(n1)N(C1CCCC1)CC(C)(C)C(=O)N2C. The van der Waals surface area contributed by atoms with Gasteiger partial charge in [0.15, 0.2) is 5.82 Å². The van der Waals surface area contributed by atoms with Crippen molar-refractivity contribution in [1.29, 1.82) is 0 Å². The summed E-state index contributed by atoms with van der Waals surface area (Å²) >= 11 is 0. The van der Waals surface area contributed by atoms with Gasteiger partial charge in [0.05, 0.1) is 30.5 Å². The Hall–Kier alpha value is -3.40. The van der Waals surface area contributed by atoms with Gasteiger partial charge in [0.2, 0.25) is 11.9 Å². The smallest absolute Gasteiger partial charge is 0.251 e. The van der Waals surface area contributed by atoms with Crippen molar-refractivity contribution in [3.63, 3.8) is 0 Å². The van der Waals surface area contributed by atoms with E-state index in [-0.39, 0.29) is 23.8 Å². The number of fused-ring (bicyclic) bond motifs is 1. The van der Waals surface area contributed by atoms with Crippen LogP contribution in [0.4, 0.5) is 23.1 Å². The van der Waals surface area contributed by atoms with Crippen LogP contribution in [0.5, 0.6) is 5.75 Å². The van der Waals surface area contributed by atoms with Crippen molar-refractivity contribution in [2.45, 2.75) is 77.4 Å². The lowest BCUT2D eigenvalue weighted by molar-refractivity contribution is -0.125. The van der Waals surface area contributed by atoms with Gasteiger partial charge in [-0.25, -0.2) is 4.98 Å². The normalized spacial score (nSPS) is 23.0. The molecule has 3 aliphatic rings. The van der Waals surface area contributed by atoms with E-state index in [0.29, 0.717) is 47.8 Å². The number of carbonyl (C=O) groups excluding carboxylic acids is 2. The highest BCUT2D eigenvalue weighted by Gasteiger charge is 2.41. The highest BCUT2D eigenvalue weighted by Crippen LogP contribution is 2.40. The second kappa shape index (κ2) is 11.6. The molecule has 40 heavy (non-hydrogen) atoms. The summed E-state index contributed by atoms with van der Waals surface area (Å²) < 4.78 is 5.61. The summed E-state index contributed by atoms with van der Waals surface area (Å²) in [5.41, 5.74) is 1.26. The van der Waals surface area contributed by atoms with Gasteiger partial charge >= 0.3 is 0 Å². The van der Waals surface area contributed by atoms with Gasteiger partial charge in [-0.15, -0.1) is 0 Å². The molecule has 1 unspecified atom stereocenters. The Morgan fingerprint density at radius 2 is 1.88 bits per heavy atom. The van der Waals surface area contributed by atoms with Crippen LogP contribution in [0.2, 0.25) is 0 Å². The number of amides is 2. The van der Waals surface area contributed by atoms with Crippen LogP contribution in [0.15, 0.2) is 24.4 Å². The molecule has 1 aromatic carbocycles. The number of methoxy groups -OCH3 is 1. The Kier molecular flexibility index (Phi) is 8.16. The zero-order chi connectivity index (χ0) is 28.4. The molecule has 2 saturated carbocycles. The van der Waals surface area contributed by atoms with Crippen LogP contribution >= 0.6 is 0 Å². The fourth-order valence-corrected chi connectivity index (χ4v) is 6.33. The number of nitrogens with zero attached hydrogens (tertiary/aromatic N) is 4. The standard InChI is InChI=1S/C30H42N6O4/c1-30(2)18-36(21-10-6-7-11-21)26-23(35(3)28(30)39)17-32-29(34-26)33-22-14-13-19(15-25(22)40-4)27(38)31-16-20-9-5-8-12-24(20)37/h13-15,17,20-21,24,37H,5-12,16,18H2,1-4H3,(H,31,38)(H,32,33,34)/t20?,24-/m1/s1. The van der Waals surface area contributed by atoms with E-state index in [9.17, 15) is 14.7 Å². The number of nitrogens with one attached hydrogen (secondary N) is 2. The molecule has 1 aromatic heterocycles. The summed E-state index contributed by atoms with van der Waals surface area (Å²) in [6.07, 6.45) is 9.70. The molecule has 2 fully saturated rings. The van der Waals surface area contributed by atoms with Crippen LogP contribution < -0.4 is 25.2 Å². The van der Waals surface area contributed by atoms with E-state index in [2.05, 4.69) is 20.5 Å². The molecule has 3 N–H and O–H groups in total. The van der Waals surface area contributed by atoms with Crippen LogP contribution in [0.25, 0.3) is 0 Å². The Morgan fingerprint density at radius 3 is 2.60 bits per heavy atom. The third-order valence-electron chi connectivity index (χ3n) is 8.70. The van der Waals surface area contributed by atoms with Crippen LogP contribution in [0.1, 0.15) is 75.6 Å². The molecular weight excluding hydrogens is 508 g/mol. The van der Waals surface area contributed by atoms with Gasteiger partial charge in [-0.05, 0) is 57.7 Å². The van der Waals surface area contributed by atoms with E-state index >= 15 is 0 Å². The molecule has 1 aliphatic heterocycles. The number of anilines is 4. The summed E-state index contributed by atoms with van der Waals surface area (Å²) in [6, 6.07) is 5.55. The maximum absolute atomic E-state index is 13.3. The topological polar surface area (TPSA) is 120 Å². The lowest BCUT2D eigenvalue weighted by Crippen LogP contribution is -2.45.